The maximum absolute atomic E-state index is 11.9. The molecule has 126 valence electrons. The third kappa shape index (κ3) is 3.68. The zero-order valence-electron chi connectivity index (χ0n) is 14.2. The van der Waals surface area contributed by atoms with Gasteiger partial charge in [0.2, 0.25) is 0 Å². The van der Waals surface area contributed by atoms with Crippen LogP contribution in [0.1, 0.15) is 21.5 Å². The van der Waals surface area contributed by atoms with Gasteiger partial charge < -0.3 is 18.9 Å². The number of hydrogen-bond acceptors (Lipinski definition) is 5. The molecule has 2 rings (SSSR count). The zero-order chi connectivity index (χ0) is 17.5. The normalized spacial score (nSPS) is 10.5. The van der Waals surface area contributed by atoms with Crippen LogP contribution in [0.15, 0.2) is 36.4 Å². The lowest BCUT2D eigenvalue weighted by Crippen LogP contribution is -2.03. The van der Waals surface area contributed by atoms with Gasteiger partial charge in [0.05, 0.1) is 39.6 Å². The average molecular weight is 328 g/mol. The van der Waals surface area contributed by atoms with E-state index in [2.05, 4.69) is 0 Å². The Morgan fingerprint density at radius 2 is 1.50 bits per heavy atom. The number of rotatable bonds is 6. The standard InChI is InChI=1S/C19H20O5/c1-21-14-11-17(22-2)16(18(12-14)23-3)10-9-13-7-5-6-8-15(13)19(20)24-4/h5-12H,1-4H3/b10-9+. The molecule has 0 fully saturated rings. The highest BCUT2D eigenvalue weighted by atomic mass is 16.5. The van der Waals surface area contributed by atoms with E-state index in [-0.39, 0.29) is 5.97 Å². The summed E-state index contributed by atoms with van der Waals surface area (Å²) in [6, 6.07) is 10.7. The minimum atomic E-state index is -0.385. The van der Waals surface area contributed by atoms with E-state index < -0.39 is 0 Å². The first kappa shape index (κ1) is 17.4. The molecule has 0 aliphatic heterocycles. The number of ether oxygens (including phenoxy) is 4. The molecule has 0 aromatic heterocycles. The lowest BCUT2D eigenvalue weighted by Gasteiger charge is -2.12. The second kappa shape index (κ2) is 8.06. The summed E-state index contributed by atoms with van der Waals surface area (Å²) in [6.07, 6.45) is 3.65. The van der Waals surface area contributed by atoms with E-state index in [9.17, 15) is 4.79 Å². The fraction of sp³-hybridized carbons (Fsp3) is 0.211. The average Bonchev–Trinajstić information content (AvgIpc) is 2.65. The van der Waals surface area contributed by atoms with Crippen LogP contribution in [0.5, 0.6) is 17.2 Å². The topological polar surface area (TPSA) is 54.0 Å². The van der Waals surface area contributed by atoms with Crippen molar-refractivity contribution in [3.8, 4) is 17.2 Å². The first-order valence-electron chi connectivity index (χ1n) is 7.30. The van der Waals surface area contributed by atoms with Gasteiger partial charge >= 0.3 is 5.97 Å². The monoisotopic (exact) mass is 328 g/mol. The van der Waals surface area contributed by atoms with Gasteiger partial charge in [0.1, 0.15) is 17.2 Å². The third-order valence-corrected chi connectivity index (χ3v) is 3.55. The Kier molecular flexibility index (Phi) is 5.84. The summed E-state index contributed by atoms with van der Waals surface area (Å²) in [6.45, 7) is 0. The van der Waals surface area contributed by atoms with Crippen LogP contribution in [0.4, 0.5) is 0 Å². The van der Waals surface area contributed by atoms with E-state index in [1.54, 1.807) is 45.6 Å². The Morgan fingerprint density at radius 3 is 2.04 bits per heavy atom. The molecule has 2 aromatic rings. The van der Waals surface area contributed by atoms with Crippen molar-refractivity contribution >= 4 is 18.1 Å². The van der Waals surface area contributed by atoms with Gasteiger partial charge in [0.25, 0.3) is 0 Å². The molecular weight excluding hydrogens is 308 g/mol. The molecule has 0 bridgehead atoms. The van der Waals surface area contributed by atoms with Gasteiger partial charge in [0.15, 0.2) is 0 Å². The van der Waals surface area contributed by atoms with Crippen LogP contribution in [-0.4, -0.2) is 34.4 Å². The van der Waals surface area contributed by atoms with Gasteiger partial charge in [0, 0.05) is 12.1 Å². The van der Waals surface area contributed by atoms with Crippen molar-refractivity contribution in [3.63, 3.8) is 0 Å². The lowest BCUT2D eigenvalue weighted by atomic mass is 10.0. The van der Waals surface area contributed by atoms with E-state index >= 15 is 0 Å². The van der Waals surface area contributed by atoms with Crippen molar-refractivity contribution in [2.75, 3.05) is 28.4 Å². The van der Waals surface area contributed by atoms with Crippen LogP contribution < -0.4 is 14.2 Å². The van der Waals surface area contributed by atoms with Crippen molar-refractivity contribution in [1.82, 2.24) is 0 Å². The second-order valence-electron chi connectivity index (χ2n) is 4.86. The summed E-state index contributed by atoms with van der Waals surface area (Å²) in [5.74, 6) is 1.47. The summed E-state index contributed by atoms with van der Waals surface area (Å²) >= 11 is 0. The number of hydrogen-bond donors (Lipinski definition) is 0. The van der Waals surface area contributed by atoms with Crippen molar-refractivity contribution in [3.05, 3.63) is 53.1 Å². The summed E-state index contributed by atoms with van der Waals surface area (Å²) in [5, 5.41) is 0. The van der Waals surface area contributed by atoms with Crippen LogP contribution in [0, 0.1) is 0 Å². The zero-order valence-corrected chi connectivity index (χ0v) is 14.2. The number of benzene rings is 2. The predicted octanol–water partition coefficient (Wildman–Crippen LogP) is 3.67. The smallest absolute Gasteiger partial charge is 0.338 e. The Labute approximate surface area is 141 Å². The van der Waals surface area contributed by atoms with E-state index in [1.807, 2.05) is 24.3 Å². The van der Waals surface area contributed by atoms with Crippen LogP contribution in [-0.2, 0) is 4.74 Å². The quantitative estimate of drug-likeness (QED) is 0.598. The molecule has 0 spiro atoms. The number of esters is 1. The highest BCUT2D eigenvalue weighted by Gasteiger charge is 2.12. The minimum absolute atomic E-state index is 0.385. The summed E-state index contributed by atoms with van der Waals surface area (Å²) < 4.78 is 20.9. The fourth-order valence-electron chi connectivity index (χ4n) is 2.31. The maximum atomic E-state index is 11.9. The van der Waals surface area contributed by atoms with Gasteiger partial charge in [-0.05, 0) is 17.7 Å². The Hall–Kier alpha value is -2.95. The molecule has 0 saturated heterocycles. The Bertz CT molecular complexity index is 724. The second-order valence-corrected chi connectivity index (χ2v) is 4.86. The van der Waals surface area contributed by atoms with Crippen LogP contribution in [0.2, 0.25) is 0 Å². The lowest BCUT2D eigenvalue weighted by molar-refractivity contribution is 0.0600. The number of carbonyl (C=O) groups excluding carboxylic acids is 1. The van der Waals surface area contributed by atoms with Crippen molar-refractivity contribution in [2.45, 2.75) is 0 Å². The molecule has 0 aliphatic carbocycles. The SMILES string of the molecule is COC(=O)c1ccccc1/C=C/c1c(OC)cc(OC)cc1OC. The third-order valence-electron chi connectivity index (χ3n) is 3.55. The predicted molar refractivity (Wildman–Crippen MR) is 92.8 cm³/mol. The number of carbonyl (C=O) groups is 1. The van der Waals surface area contributed by atoms with Crippen molar-refractivity contribution < 1.29 is 23.7 Å². The van der Waals surface area contributed by atoms with E-state index in [4.69, 9.17) is 18.9 Å². The molecule has 0 saturated carbocycles. The summed E-state index contributed by atoms with van der Waals surface area (Å²) in [5.41, 5.74) is 1.98. The van der Waals surface area contributed by atoms with E-state index in [0.717, 1.165) is 11.1 Å². The minimum Gasteiger partial charge on any atom is -0.496 e. The van der Waals surface area contributed by atoms with E-state index in [0.29, 0.717) is 22.8 Å². The molecular formula is C19H20O5. The molecule has 24 heavy (non-hydrogen) atoms. The Morgan fingerprint density at radius 1 is 0.875 bits per heavy atom. The molecule has 0 aliphatic rings. The maximum Gasteiger partial charge on any atom is 0.338 e. The Balaban J connectivity index is 2.48. The van der Waals surface area contributed by atoms with Gasteiger partial charge in [-0.15, -0.1) is 0 Å². The van der Waals surface area contributed by atoms with Gasteiger partial charge in [-0.1, -0.05) is 24.3 Å². The van der Waals surface area contributed by atoms with Crippen molar-refractivity contribution in [1.29, 1.82) is 0 Å². The molecule has 0 amide bonds. The first-order valence-corrected chi connectivity index (χ1v) is 7.30. The summed E-state index contributed by atoms with van der Waals surface area (Å²) in [7, 11) is 6.09. The van der Waals surface area contributed by atoms with Crippen molar-refractivity contribution in [2.24, 2.45) is 0 Å². The van der Waals surface area contributed by atoms with Crippen LogP contribution in [0.25, 0.3) is 12.2 Å². The molecule has 5 nitrogen and oxygen atoms in total. The van der Waals surface area contributed by atoms with Crippen LogP contribution in [0.3, 0.4) is 0 Å². The molecule has 0 atom stereocenters. The highest BCUT2D eigenvalue weighted by molar-refractivity contribution is 5.95. The van der Waals surface area contributed by atoms with E-state index in [1.165, 1.54) is 7.11 Å². The largest absolute Gasteiger partial charge is 0.496 e. The van der Waals surface area contributed by atoms with Crippen LogP contribution >= 0.6 is 0 Å². The molecule has 0 N–H and O–H groups in total. The molecule has 2 aromatic carbocycles. The number of methoxy groups -OCH3 is 4. The molecule has 5 heteroatoms. The van der Waals surface area contributed by atoms with Gasteiger partial charge in [-0.3, -0.25) is 0 Å². The fourth-order valence-corrected chi connectivity index (χ4v) is 2.31. The molecule has 0 unspecified atom stereocenters. The molecule has 0 heterocycles. The summed E-state index contributed by atoms with van der Waals surface area (Å²) in [4.78, 5) is 11.9. The van der Waals surface area contributed by atoms with Gasteiger partial charge in [-0.25, -0.2) is 4.79 Å². The highest BCUT2D eigenvalue weighted by Crippen LogP contribution is 2.35. The molecule has 0 radical (unpaired) electrons. The van der Waals surface area contributed by atoms with Gasteiger partial charge in [-0.2, -0.15) is 0 Å². The first-order chi connectivity index (χ1) is 11.6.